The van der Waals surface area contributed by atoms with Crippen molar-refractivity contribution in [3.63, 3.8) is 0 Å². The van der Waals surface area contributed by atoms with Crippen LogP contribution < -0.4 is 0 Å². The van der Waals surface area contributed by atoms with Gasteiger partial charge in [-0.15, -0.1) is 10.2 Å². The van der Waals surface area contributed by atoms with Gasteiger partial charge in [-0.1, -0.05) is 47.1 Å². The fourth-order valence-electron chi connectivity index (χ4n) is 2.17. The minimum absolute atomic E-state index is 0.111. The number of hydrogen-bond acceptors (Lipinski definition) is 5. The number of fused-ring (bicyclic) bond motifs is 1. The summed E-state index contributed by atoms with van der Waals surface area (Å²) in [7, 11) is 0. The Kier molecular flexibility index (Phi) is 4.43. The van der Waals surface area contributed by atoms with E-state index in [4.69, 9.17) is 23.2 Å². The molecular formula is C14H10Cl2N4O2S. The largest absolute Gasteiger partial charge is 0.275 e. The van der Waals surface area contributed by atoms with Crippen molar-refractivity contribution in [2.45, 2.75) is 17.8 Å². The summed E-state index contributed by atoms with van der Waals surface area (Å²) in [4.78, 5) is 10.6. The van der Waals surface area contributed by atoms with Crippen molar-refractivity contribution in [1.29, 1.82) is 0 Å². The molecule has 0 bridgehead atoms. The highest BCUT2D eigenvalue weighted by Gasteiger charge is 2.15. The van der Waals surface area contributed by atoms with Crippen LogP contribution in [0.3, 0.4) is 0 Å². The van der Waals surface area contributed by atoms with E-state index in [-0.39, 0.29) is 10.6 Å². The first kappa shape index (κ1) is 16.0. The van der Waals surface area contributed by atoms with Gasteiger partial charge in [0.1, 0.15) is 0 Å². The number of nitrogens with zero attached hydrogens (tertiary/aromatic N) is 4. The third-order valence-corrected chi connectivity index (χ3v) is 4.84. The highest BCUT2D eigenvalue weighted by atomic mass is 35.5. The van der Waals surface area contributed by atoms with Gasteiger partial charge in [0.15, 0.2) is 10.8 Å². The maximum absolute atomic E-state index is 11.0. The lowest BCUT2D eigenvalue weighted by Gasteiger charge is -2.05. The molecule has 0 saturated heterocycles. The van der Waals surface area contributed by atoms with Crippen LogP contribution in [0.5, 0.6) is 0 Å². The van der Waals surface area contributed by atoms with Gasteiger partial charge in [0.05, 0.1) is 15.0 Å². The van der Waals surface area contributed by atoms with Crippen molar-refractivity contribution in [3.05, 3.63) is 61.7 Å². The number of nitro groups is 1. The number of aromatic nitrogens is 3. The van der Waals surface area contributed by atoms with Crippen molar-refractivity contribution in [2.24, 2.45) is 0 Å². The Hall–Kier alpha value is -1.83. The van der Waals surface area contributed by atoms with Crippen molar-refractivity contribution < 1.29 is 4.92 Å². The molecule has 1 aromatic carbocycles. The monoisotopic (exact) mass is 368 g/mol. The Morgan fingerprint density at radius 3 is 2.87 bits per heavy atom. The summed E-state index contributed by atoms with van der Waals surface area (Å²) >= 11 is 13.5. The van der Waals surface area contributed by atoms with Crippen LogP contribution in [-0.2, 0) is 5.75 Å². The van der Waals surface area contributed by atoms with Gasteiger partial charge in [0.25, 0.3) is 5.69 Å². The molecule has 6 nitrogen and oxygen atoms in total. The summed E-state index contributed by atoms with van der Waals surface area (Å²) in [5, 5.41) is 20.7. The summed E-state index contributed by atoms with van der Waals surface area (Å²) in [6, 6.07) is 6.64. The van der Waals surface area contributed by atoms with Gasteiger partial charge in [0.2, 0.25) is 0 Å². The molecule has 0 N–H and O–H groups in total. The fourth-order valence-corrected chi connectivity index (χ4v) is 3.65. The molecule has 0 unspecified atom stereocenters. The molecule has 9 heteroatoms. The zero-order valence-electron chi connectivity index (χ0n) is 11.9. The van der Waals surface area contributed by atoms with Gasteiger partial charge in [-0.2, -0.15) is 0 Å². The molecule has 2 heterocycles. The fraction of sp³-hybridized carbons (Fsp3) is 0.143. The molecule has 0 aliphatic rings. The molecule has 23 heavy (non-hydrogen) atoms. The summed E-state index contributed by atoms with van der Waals surface area (Å²) in [5.74, 6) is 0.526. The molecule has 3 aromatic rings. The number of nitro benzene ring substituents is 1. The van der Waals surface area contributed by atoms with E-state index in [1.54, 1.807) is 29.7 Å². The van der Waals surface area contributed by atoms with Crippen LogP contribution in [0.25, 0.3) is 5.65 Å². The van der Waals surface area contributed by atoms with E-state index < -0.39 is 0 Å². The van der Waals surface area contributed by atoms with E-state index >= 15 is 0 Å². The quantitative estimate of drug-likeness (QED) is 0.383. The summed E-state index contributed by atoms with van der Waals surface area (Å²) in [5.41, 5.74) is 2.15. The van der Waals surface area contributed by atoms with Crippen LogP contribution in [0.15, 0.2) is 35.6 Å². The van der Waals surface area contributed by atoms with Gasteiger partial charge < -0.3 is 0 Å². The van der Waals surface area contributed by atoms with Crippen LogP contribution in [-0.4, -0.2) is 19.5 Å². The highest BCUT2D eigenvalue weighted by molar-refractivity contribution is 7.98. The normalized spacial score (nSPS) is 11.1. The van der Waals surface area contributed by atoms with Crippen molar-refractivity contribution in [2.75, 3.05) is 0 Å². The van der Waals surface area contributed by atoms with Crippen LogP contribution >= 0.6 is 35.0 Å². The van der Waals surface area contributed by atoms with Gasteiger partial charge in [0, 0.05) is 23.6 Å². The Bertz CT molecular complexity index is 913. The predicted octanol–water partition coefficient (Wildman–Crippen LogP) is 4.55. The molecular weight excluding hydrogens is 359 g/mol. The number of benzene rings is 1. The van der Waals surface area contributed by atoms with Crippen molar-refractivity contribution in [3.8, 4) is 0 Å². The molecule has 0 spiro atoms. The molecule has 2 aromatic heterocycles. The highest BCUT2D eigenvalue weighted by Crippen LogP contribution is 2.29. The summed E-state index contributed by atoms with van der Waals surface area (Å²) in [6.07, 6.45) is 1.69. The molecule has 0 atom stereocenters. The molecule has 118 valence electrons. The standard InChI is InChI=1S/C14H10Cl2N4O2S/c1-8-9(3-2-4-12(8)20(21)22)7-23-14-18-17-13-11(16)5-10(15)6-19(13)14/h2-6H,7H2,1H3. The minimum Gasteiger partial charge on any atom is -0.275 e. The average Bonchev–Trinajstić information content (AvgIpc) is 2.89. The lowest BCUT2D eigenvalue weighted by molar-refractivity contribution is -0.385. The second-order valence-corrected chi connectivity index (χ2v) is 6.58. The third-order valence-electron chi connectivity index (χ3n) is 3.37. The van der Waals surface area contributed by atoms with Gasteiger partial charge in [-0.05, 0) is 18.6 Å². The lowest BCUT2D eigenvalue weighted by atomic mass is 10.1. The second kappa shape index (κ2) is 6.35. The van der Waals surface area contributed by atoms with Crippen molar-refractivity contribution in [1.82, 2.24) is 14.6 Å². The molecule has 3 rings (SSSR count). The number of rotatable bonds is 4. The van der Waals surface area contributed by atoms with E-state index in [0.29, 0.717) is 32.2 Å². The number of hydrogen-bond donors (Lipinski definition) is 0. The van der Waals surface area contributed by atoms with E-state index in [2.05, 4.69) is 10.2 Å². The number of pyridine rings is 1. The van der Waals surface area contributed by atoms with Crippen LogP contribution in [0.4, 0.5) is 5.69 Å². The topological polar surface area (TPSA) is 73.3 Å². The van der Waals surface area contributed by atoms with Gasteiger partial charge >= 0.3 is 0 Å². The number of halogens is 2. The minimum atomic E-state index is -0.379. The average molecular weight is 369 g/mol. The van der Waals surface area contributed by atoms with E-state index in [1.165, 1.54) is 17.8 Å². The Labute approximate surface area is 145 Å². The zero-order valence-corrected chi connectivity index (χ0v) is 14.2. The van der Waals surface area contributed by atoms with Crippen molar-refractivity contribution >= 4 is 46.3 Å². The van der Waals surface area contributed by atoms with Crippen LogP contribution in [0, 0.1) is 17.0 Å². The molecule has 0 aliphatic heterocycles. The first-order chi connectivity index (χ1) is 11.0. The van der Waals surface area contributed by atoms with Crippen LogP contribution in [0.1, 0.15) is 11.1 Å². The Morgan fingerprint density at radius 1 is 1.35 bits per heavy atom. The van der Waals surface area contributed by atoms with E-state index in [9.17, 15) is 10.1 Å². The maximum Gasteiger partial charge on any atom is 0.272 e. The van der Waals surface area contributed by atoms with E-state index in [1.807, 2.05) is 6.07 Å². The maximum atomic E-state index is 11.0. The summed E-state index contributed by atoms with van der Waals surface area (Å²) in [6.45, 7) is 1.74. The zero-order chi connectivity index (χ0) is 16.6. The smallest absolute Gasteiger partial charge is 0.272 e. The molecule has 0 amide bonds. The van der Waals surface area contributed by atoms with Gasteiger partial charge in [-0.25, -0.2) is 0 Å². The summed E-state index contributed by atoms with van der Waals surface area (Å²) < 4.78 is 1.71. The molecule has 0 fully saturated rings. The lowest BCUT2D eigenvalue weighted by Crippen LogP contribution is -1.96. The second-order valence-electron chi connectivity index (χ2n) is 4.79. The molecule has 0 saturated carbocycles. The third kappa shape index (κ3) is 3.12. The van der Waals surface area contributed by atoms with Crippen LogP contribution in [0.2, 0.25) is 10.0 Å². The first-order valence-electron chi connectivity index (χ1n) is 6.53. The number of thioether (sulfide) groups is 1. The SMILES string of the molecule is Cc1c(CSc2nnc3c(Cl)cc(Cl)cn23)cccc1[N+](=O)[O-]. The Morgan fingerprint density at radius 2 is 2.13 bits per heavy atom. The predicted molar refractivity (Wildman–Crippen MR) is 90.4 cm³/mol. The first-order valence-corrected chi connectivity index (χ1v) is 8.27. The molecule has 0 aliphatic carbocycles. The van der Waals surface area contributed by atoms with E-state index in [0.717, 1.165) is 5.56 Å². The molecule has 0 radical (unpaired) electrons. The Balaban J connectivity index is 1.90. The van der Waals surface area contributed by atoms with Gasteiger partial charge in [-0.3, -0.25) is 14.5 Å².